The van der Waals surface area contributed by atoms with Crippen LogP contribution in [0, 0.1) is 0 Å². The molecule has 1 amide bonds. The zero-order chi connectivity index (χ0) is 16.7. The largest absolute Gasteiger partial charge is 0.485 e. The Balaban J connectivity index is 0.00000288. The van der Waals surface area contributed by atoms with Gasteiger partial charge in [0.05, 0.1) is 0 Å². The second kappa shape index (κ2) is 9.89. The van der Waals surface area contributed by atoms with Gasteiger partial charge in [-0.3, -0.25) is 4.79 Å². The van der Waals surface area contributed by atoms with Crippen LogP contribution in [0.1, 0.15) is 35.9 Å². The van der Waals surface area contributed by atoms with E-state index in [1.807, 2.05) is 20.9 Å². The highest BCUT2D eigenvalue weighted by Crippen LogP contribution is 2.13. The third kappa shape index (κ3) is 5.82. The van der Waals surface area contributed by atoms with Crippen molar-refractivity contribution in [2.45, 2.75) is 32.9 Å². The highest BCUT2D eigenvalue weighted by molar-refractivity contribution is 5.94. The van der Waals surface area contributed by atoms with Gasteiger partial charge in [-0.15, -0.1) is 12.4 Å². The molecule has 0 aliphatic heterocycles. The summed E-state index contributed by atoms with van der Waals surface area (Å²) >= 11 is 0. The lowest BCUT2D eigenvalue weighted by atomic mass is 10.2. The molecule has 0 aliphatic rings. The minimum absolute atomic E-state index is 0. The summed E-state index contributed by atoms with van der Waals surface area (Å²) < 4.78 is 10.6. The lowest BCUT2D eigenvalue weighted by molar-refractivity contribution is 0.0950. The van der Waals surface area contributed by atoms with Gasteiger partial charge in [0.15, 0.2) is 6.61 Å². The van der Waals surface area contributed by atoms with E-state index in [9.17, 15) is 4.79 Å². The number of halogens is 1. The van der Waals surface area contributed by atoms with Gasteiger partial charge in [-0.25, -0.2) is 0 Å². The zero-order valence-electron chi connectivity index (χ0n) is 14.0. The van der Waals surface area contributed by atoms with Crippen LogP contribution in [0.15, 0.2) is 28.8 Å². The number of likely N-dealkylation sites (N-methyl/N-ethyl adjacent to an activating group) is 1. The van der Waals surface area contributed by atoms with Crippen LogP contribution in [0.3, 0.4) is 0 Å². The molecule has 2 N–H and O–H groups in total. The molecule has 0 saturated heterocycles. The van der Waals surface area contributed by atoms with E-state index in [4.69, 9.17) is 9.26 Å². The predicted octanol–water partition coefficient (Wildman–Crippen LogP) is 1.97. The molecular formula is C16H23ClN4O3. The maximum atomic E-state index is 12.0. The molecule has 1 atom stereocenters. The quantitative estimate of drug-likeness (QED) is 0.753. The lowest BCUT2D eigenvalue weighted by Crippen LogP contribution is -2.37. The van der Waals surface area contributed by atoms with Crippen molar-refractivity contribution in [3.8, 4) is 5.75 Å². The number of hydrogen-bond donors (Lipinski definition) is 2. The van der Waals surface area contributed by atoms with Crippen LogP contribution in [0.2, 0.25) is 0 Å². The molecule has 1 unspecified atom stereocenters. The van der Waals surface area contributed by atoms with Crippen LogP contribution in [0.25, 0.3) is 0 Å². The SMILES string of the molecule is CCc1nc(COc2ccc(C(=O)NCC(C)NC)cc2)no1.Cl. The fourth-order valence-corrected chi connectivity index (χ4v) is 1.79. The molecule has 1 aromatic carbocycles. The number of benzene rings is 1. The van der Waals surface area contributed by atoms with E-state index in [0.717, 1.165) is 0 Å². The number of carbonyl (C=O) groups excluding carboxylic acids is 1. The zero-order valence-corrected chi connectivity index (χ0v) is 14.9. The maximum absolute atomic E-state index is 12.0. The van der Waals surface area contributed by atoms with Crippen LogP contribution in [-0.2, 0) is 13.0 Å². The molecule has 8 heteroatoms. The maximum Gasteiger partial charge on any atom is 0.251 e. The Morgan fingerprint density at radius 3 is 2.62 bits per heavy atom. The van der Waals surface area contributed by atoms with Crippen LogP contribution in [-0.4, -0.2) is 35.7 Å². The van der Waals surface area contributed by atoms with Gasteiger partial charge in [-0.2, -0.15) is 4.98 Å². The first-order valence-electron chi connectivity index (χ1n) is 7.62. The van der Waals surface area contributed by atoms with E-state index in [1.165, 1.54) is 0 Å². The van der Waals surface area contributed by atoms with Crippen molar-refractivity contribution in [3.63, 3.8) is 0 Å². The molecule has 0 spiro atoms. The Labute approximate surface area is 147 Å². The molecule has 7 nitrogen and oxygen atoms in total. The number of ether oxygens (including phenoxy) is 1. The molecule has 2 aromatic rings. The van der Waals surface area contributed by atoms with Gasteiger partial charge in [0.25, 0.3) is 5.91 Å². The third-order valence-corrected chi connectivity index (χ3v) is 3.36. The molecular weight excluding hydrogens is 332 g/mol. The summed E-state index contributed by atoms with van der Waals surface area (Å²) in [7, 11) is 1.86. The normalized spacial score (nSPS) is 11.5. The van der Waals surface area contributed by atoms with Gasteiger partial charge in [0.1, 0.15) is 5.75 Å². The number of nitrogens with one attached hydrogen (secondary N) is 2. The second-order valence-corrected chi connectivity index (χ2v) is 5.17. The van der Waals surface area contributed by atoms with E-state index < -0.39 is 0 Å². The highest BCUT2D eigenvalue weighted by atomic mass is 35.5. The Hall–Kier alpha value is -2.12. The molecule has 2 rings (SSSR count). The van der Waals surface area contributed by atoms with Crippen LogP contribution in [0.4, 0.5) is 0 Å². The van der Waals surface area contributed by atoms with Crippen molar-refractivity contribution in [3.05, 3.63) is 41.5 Å². The molecule has 1 aromatic heterocycles. The number of hydrogen-bond acceptors (Lipinski definition) is 6. The first-order chi connectivity index (χ1) is 11.1. The molecule has 0 saturated carbocycles. The number of amides is 1. The van der Waals surface area contributed by atoms with Crippen molar-refractivity contribution >= 4 is 18.3 Å². The average Bonchev–Trinajstić information content (AvgIpc) is 3.06. The van der Waals surface area contributed by atoms with E-state index in [1.54, 1.807) is 24.3 Å². The Morgan fingerprint density at radius 1 is 1.33 bits per heavy atom. The fraction of sp³-hybridized carbons (Fsp3) is 0.438. The molecule has 0 aliphatic carbocycles. The van der Waals surface area contributed by atoms with Crippen molar-refractivity contribution in [2.24, 2.45) is 0 Å². The summed E-state index contributed by atoms with van der Waals surface area (Å²) in [6.45, 7) is 4.75. The number of carbonyl (C=O) groups is 1. The minimum Gasteiger partial charge on any atom is -0.485 e. The van der Waals surface area contributed by atoms with E-state index in [-0.39, 0.29) is 31.0 Å². The summed E-state index contributed by atoms with van der Waals surface area (Å²) in [6.07, 6.45) is 0.697. The topological polar surface area (TPSA) is 89.3 Å². The molecule has 24 heavy (non-hydrogen) atoms. The van der Waals surface area contributed by atoms with Crippen molar-refractivity contribution in [1.82, 2.24) is 20.8 Å². The summed E-state index contributed by atoms with van der Waals surface area (Å²) in [5, 5.41) is 9.74. The molecule has 0 bridgehead atoms. The summed E-state index contributed by atoms with van der Waals surface area (Å²) in [5.74, 6) is 1.63. The first kappa shape index (κ1) is 19.9. The van der Waals surface area contributed by atoms with Gasteiger partial charge in [-0.05, 0) is 38.2 Å². The van der Waals surface area contributed by atoms with E-state index >= 15 is 0 Å². The first-order valence-corrected chi connectivity index (χ1v) is 7.62. The van der Waals surface area contributed by atoms with Gasteiger partial charge < -0.3 is 19.9 Å². The molecule has 132 valence electrons. The van der Waals surface area contributed by atoms with Gasteiger partial charge in [0, 0.05) is 24.6 Å². The second-order valence-electron chi connectivity index (χ2n) is 5.17. The Morgan fingerprint density at radius 2 is 2.04 bits per heavy atom. The van der Waals surface area contributed by atoms with Crippen LogP contribution in [0.5, 0.6) is 5.75 Å². The number of aromatic nitrogens is 2. The summed E-state index contributed by atoms with van der Waals surface area (Å²) in [5.41, 5.74) is 0.591. The van der Waals surface area contributed by atoms with Crippen LogP contribution < -0.4 is 15.4 Å². The van der Waals surface area contributed by atoms with Crippen molar-refractivity contribution in [2.75, 3.05) is 13.6 Å². The minimum atomic E-state index is -0.107. The van der Waals surface area contributed by atoms with Gasteiger partial charge in [-0.1, -0.05) is 12.1 Å². The highest BCUT2D eigenvalue weighted by Gasteiger charge is 2.08. The molecule has 1 heterocycles. The summed E-state index contributed by atoms with van der Waals surface area (Å²) in [4.78, 5) is 16.1. The monoisotopic (exact) mass is 354 g/mol. The number of aryl methyl sites for hydroxylation is 1. The van der Waals surface area contributed by atoms with E-state index in [0.29, 0.717) is 36.0 Å². The number of rotatable bonds is 8. The Kier molecular flexibility index (Phi) is 8.21. The predicted molar refractivity (Wildman–Crippen MR) is 92.6 cm³/mol. The average molecular weight is 355 g/mol. The third-order valence-electron chi connectivity index (χ3n) is 3.36. The Bertz CT molecular complexity index is 631. The van der Waals surface area contributed by atoms with Gasteiger partial charge in [0.2, 0.25) is 11.7 Å². The van der Waals surface area contributed by atoms with E-state index in [2.05, 4.69) is 20.8 Å². The van der Waals surface area contributed by atoms with Crippen molar-refractivity contribution < 1.29 is 14.1 Å². The fourth-order valence-electron chi connectivity index (χ4n) is 1.79. The smallest absolute Gasteiger partial charge is 0.251 e. The molecule has 0 radical (unpaired) electrons. The summed E-state index contributed by atoms with van der Waals surface area (Å²) in [6, 6.07) is 7.17. The molecule has 0 fully saturated rings. The lowest BCUT2D eigenvalue weighted by Gasteiger charge is -2.11. The number of nitrogens with zero attached hydrogens (tertiary/aromatic N) is 2. The standard InChI is InChI=1S/C16H22N4O3.ClH/c1-4-15-19-14(20-23-15)10-22-13-7-5-12(6-8-13)16(21)18-9-11(2)17-3;/h5-8,11,17H,4,9-10H2,1-3H3,(H,18,21);1H. The van der Waals surface area contributed by atoms with Crippen molar-refractivity contribution in [1.29, 1.82) is 0 Å². The van der Waals surface area contributed by atoms with Crippen LogP contribution >= 0.6 is 12.4 Å². The van der Waals surface area contributed by atoms with Gasteiger partial charge >= 0.3 is 0 Å².